The fourth-order valence-corrected chi connectivity index (χ4v) is 6.90. The molecule has 0 heterocycles. The third-order valence-corrected chi connectivity index (χ3v) is 10.5. The number of aliphatic hydroxyl groups is 2. The number of ether oxygens (including phenoxy) is 1. The number of carbonyl (C=O) groups excluding carboxylic acids is 2. The fraction of sp³-hybridized carbons (Fsp3) is 0.872. The van der Waals surface area contributed by atoms with Crippen LogP contribution >= 0.6 is 0 Å². The van der Waals surface area contributed by atoms with Gasteiger partial charge in [-0.25, -0.2) is 0 Å². The van der Waals surface area contributed by atoms with Gasteiger partial charge in [0.2, 0.25) is 5.91 Å². The lowest BCUT2D eigenvalue weighted by Crippen LogP contribution is -2.45. The molecule has 6 nitrogen and oxygen atoms in total. The number of hydrogen-bond acceptors (Lipinski definition) is 5. The van der Waals surface area contributed by atoms with Gasteiger partial charge in [0.05, 0.1) is 25.4 Å². The molecule has 0 aliphatic carbocycles. The molecule has 0 rings (SSSR count). The lowest BCUT2D eigenvalue weighted by Gasteiger charge is -2.22. The van der Waals surface area contributed by atoms with Gasteiger partial charge in [-0.2, -0.15) is 0 Å². The Hall–Kier alpha value is -1.66. The van der Waals surface area contributed by atoms with Crippen molar-refractivity contribution in [1.82, 2.24) is 5.32 Å². The molecule has 6 heteroatoms. The second-order valence-corrected chi connectivity index (χ2v) is 15.7. The van der Waals surface area contributed by atoms with Crippen LogP contribution < -0.4 is 5.32 Å². The molecule has 0 bridgehead atoms. The van der Waals surface area contributed by atoms with Crippen LogP contribution in [0.4, 0.5) is 0 Å². The number of rotatable bonds is 42. The molecule has 0 aliphatic rings. The maximum Gasteiger partial charge on any atom is 0.305 e. The first-order valence-corrected chi connectivity index (χ1v) is 23.1. The van der Waals surface area contributed by atoms with Crippen molar-refractivity contribution in [2.45, 2.75) is 251 Å². The molecule has 312 valence electrons. The molecule has 0 aromatic carbocycles. The lowest BCUT2D eigenvalue weighted by atomic mass is 10.0. The number of aliphatic hydroxyl groups excluding tert-OH is 2. The van der Waals surface area contributed by atoms with Crippen molar-refractivity contribution >= 4 is 11.9 Å². The van der Waals surface area contributed by atoms with Crippen molar-refractivity contribution in [2.75, 3.05) is 13.2 Å². The normalized spacial score (nSPS) is 12.9. The van der Waals surface area contributed by atoms with Gasteiger partial charge in [0.15, 0.2) is 0 Å². The Morgan fingerprint density at radius 3 is 1.47 bits per heavy atom. The van der Waals surface area contributed by atoms with Gasteiger partial charge in [0.25, 0.3) is 0 Å². The summed E-state index contributed by atoms with van der Waals surface area (Å²) in [5.41, 5.74) is 0. The van der Waals surface area contributed by atoms with E-state index in [2.05, 4.69) is 43.5 Å². The van der Waals surface area contributed by atoms with Gasteiger partial charge in [-0.05, 0) is 57.8 Å². The molecule has 0 fully saturated rings. The van der Waals surface area contributed by atoms with Crippen LogP contribution in [0.15, 0.2) is 24.3 Å². The van der Waals surface area contributed by atoms with Crippen LogP contribution in [-0.4, -0.2) is 47.4 Å². The summed E-state index contributed by atoms with van der Waals surface area (Å²) in [6, 6.07) is -0.554. The quantitative estimate of drug-likeness (QED) is 0.0328. The standard InChI is InChI=1S/C47H89NO5/c1-3-5-7-9-11-13-15-16-17-18-21-25-29-33-37-41-47(52)53-42-38-34-30-26-22-19-20-24-28-32-36-40-46(51)48-44(43-49)45(50)39-35-31-27-23-14-12-10-8-6-4-2/h11,13,16-17,44-45,49-50H,3-10,12,14-15,18-43H2,1-2H3,(H,48,51)/b13-11-,17-16-. The number of esters is 1. The first kappa shape index (κ1) is 51.3. The van der Waals surface area contributed by atoms with Crippen molar-refractivity contribution in [1.29, 1.82) is 0 Å². The Morgan fingerprint density at radius 2 is 0.943 bits per heavy atom. The number of unbranched alkanes of at least 4 members (excludes halogenated alkanes) is 27. The Kier molecular flexibility index (Phi) is 41.7. The Morgan fingerprint density at radius 1 is 0.528 bits per heavy atom. The van der Waals surface area contributed by atoms with Crippen molar-refractivity contribution in [2.24, 2.45) is 0 Å². The van der Waals surface area contributed by atoms with Crippen LogP contribution in [0.25, 0.3) is 0 Å². The first-order chi connectivity index (χ1) is 26.0. The summed E-state index contributed by atoms with van der Waals surface area (Å²) < 4.78 is 5.44. The smallest absolute Gasteiger partial charge is 0.305 e. The van der Waals surface area contributed by atoms with E-state index in [1.54, 1.807) is 0 Å². The Balaban J connectivity index is 3.48. The van der Waals surface area contributed by atoms with Crippen molar-refractivity contribution in [3.63, 3.8) is 0 Å². The van der Waals surface area contributed by atoms with E-state index in [1.807, 2.05) is 0 Å². The monoisotopic (exact) mass is 748 g/mol. The Labute approximate surface area is 329 Å². The van der Waals surface area contributed by atoms with Crippen LogP contribution in [-0.2, 0) is 14.3 Å². The molecule has 0 aliphatic heterocycles. The van der Waals surface area contributed by atoms with E-state index in [-0.39, 0.29) is 18.5 Å². The van der Waals surface area contributed by atoms with Crippen molar-refractivity contribution in [3.05, 3.63) is 24.3 Å². The number of amides is 1. The second-order valence-electron chi connectivity index (χ2n) is 15.7. The van der Waals surface area contributed by atoms with Gasteiger partial charge in [-0.3, -0.25) is 9.59 Å². The summed E-state index contributed by atoms with van der Waals surface area (Å²) in [7, 11) is 0. The molecule has 3 N–H and O–H groups in total. The zero-order valence-electron chi connectivity index (χ0n) is 35.2. The molecular weight excluding hydrogens is 659 g/mol. The minimum Gasteiger partial charge on any atom is -0.466 e. The molecule has 1 amide bonds. The summed E-state index contributed by atoms with van der Waals surface area (Å²) in [6.07, 6.45) is 48.4. The van der Waals surface area contributed by atoms with E-state index >= 15 is 0 Å². The van der Waals surface area contributed by atoms with Crippen LogP contribution in [0.1, 0.15) is 239 Å². The molecule has 0 saturated heterocycles. The van der Waals surface area contributed by atoms with Crippen LogP contribution in [0, 0.1) is 0 Å². The maximum absolute atomic E-state index is 12.4. The minimum atomic E-state index is -0.675. The van der Waals surface area contributed by atoms with E-state index in [1.165, 1.54) is 135 Å². The summed E-state index contributed by atoms with van der Waals surface area (Å²) in [4.78, 5) is 24.4. The number of allylic oxidation sites excluding steroid dienone is 4. The average molecular weight is 748 g/mol. The van der Waals surface area contributed by atoms with Gasteiger partial charge in [0, 0.05) is 12.8 Å². The first-order valence-electron chi connectivity index (χ1n) is 23.1. The van der Waals surface area contributed by atoms with Gasteiger partial charge >= 0.3 is 5.97 Å². The molecule has 2 atom stereocenters. The molecule has 0 saturated carbocycles. The summed E-state index contributed by atoms with van der Waals surface area (Å²) >= 11 is 0. The van der Waals surface area contributed by atoms with Gasteiger partial charge in [-0.15, -0.1) is 0 Å². The third kappa shape index (κ3) is 39.8. The van der Waals surface area contributed by atoms with Crippen molar-refractivity contribution in [3.8, 4) is 0 Å². The topological polar surface area (TPSA) is 95.9 Å². The zero-order valence-corrected chi connectivity index (χ0v) is 35.2. The van der Waals surface area contributed by atoms with Gasteiger partial charge in [0.1, 0.15) is 0 Å². The average Bonchev–Trinajstić information content (AvgIpc) is 3.16. The molecule has 0 spiro atoms. The predicted octanol–water partition coefficient (Wildman–Crippen LogP) is 13.2. The van der Waals surface area contributed by atoms with Crippen LogP contribution in [0.3, 0.4) is 0 Å². The number of hydrogen-bond donors (Lipinski definition) is 3. The highest BCUT2D eigenvalue weighted by molar-refractivity contribution is 5.76. The van der Waals surface area contributed by atoms with Crippen molar-refractivity contribution < 1.29 is 24.5 Å². The molecule has 2 unspecified atom stereocenters. The van der Waals surface area contributed by atoms with Gasteiger partial charge in [-0.1, -0.05) is 192 Å². The molecule has 0 aromatic heterocycles. The fourth-order valence-electron chi connectivity index (χ4n) is 6.90. The zero-order chi connectivity index (χ0) is 38.7. The number of carbonyl (C=O) groups is 2. The van der Waals surface area contributed by atoms with E-state index in [9.17, 15) is 19.8 Å². The number of nitrogens with one attached hydrogen (secondary N) is 1. The Bertz CT molecular complexity index is 828. The van der Waals surface area contributed by atoms with E-state index in [0.29, 0.717) is 25.9 Å². The molecule has 0 aromatic rings. The third-order valence-electron chi connectivity index (χ3n) is 10.5. The summed E-state index contributed by atoms with van der Waals surface area (Å²) in [5, 5.41) is 23.0. The van der Waals surface area contributed by atoms with Crippen LogP contribution in [0.5, 0.6) is 0 Å². The SMILES string of the molecule is CCCCC/C=C\C/C=C\CCCCCCCC(=O)OCCCCCCCCCCCCCC(=O)NC(CO)C(O)CCCCCCCCCCCC. The highest BCUT2D eigenvalue weighted by Gasteiger charge is 2.20. The highest BCUT2D eigenvalue weighted by atomic mass is 16.5. The summed E-state index contributed by atoms with van der Waals surface area (Å²) in [6.45, 7) is 4.85. The molecular formula is C47H89NO5. The summed E-state index contributed by atoms with van der Waals surface area (Å²) in [5.74, 6) is -0.0859. The van der Waals surface area contributed by atoms with E-state index in [4.69, 9.17) is 4.74 Å². The second kappa shape index (κ2) is 43.1. The maximum atomic E-state index is 12.4. The lowest BCUT2D eigenvalue weighted by molar-refractivity contribution is -0.143. The van der Waals surface area contributed by atoms with E-state index in [0.717, 1.165) is 70.6 Å². The van der Waals surface area contributed by atoms with Gasteiger partial charge < -0.3 is 20.3 Å². The van der Waals surface area contributed by atoms with E-state index < -0.39 is 12.1 Å². The minimum absolute atomic E-state index is 0.0284. The molecule has 0 radical (unpaired) electrons. The highest BCUT2D eigenvalue weighted by Crippen LogP contribution is 2.15. The van der Waals surface area contributed by atoms with Crippen LogP contribution in [0.2, 0.25) is 0 Å². The largest absolute Gasteiger partial charge is 0.466 e. The predicted molar refractivity (Wildman–Crippen MR) is 227 cm³/mol. The molecule has 53 heavy (non-hydrogen) atoms.